The molecule has 6 nitrogen and oxygen atoms in total. The summed E-state index contributed by atoms with van der Waals surface area (Å²) in [6, 6.07) is 7.89. The molecule has 0 heterocycles. The Morgan fingerprint density at radius 2 is 1.40 bits per heavy atom. The zero-order chi connectivity index (χ0) is 21.7. The lowest BCUT2D eigenvalue weighted by atomic mass is 9.82. The monoisotopic (exact) mass is 410 g/mol. The molecule has 0 amide bonds. The second-order valence-corrected chi connectivity index (χ2v) is 7.07. The molecular formula is C24H26O6. The molecule has 2 aromatic carbocycles. The van der Waals surface area contributed by atoms with Crippen molar-refractivity contribution in [3.8, 4) is 11.5 Å². The Hall–Kier alpha value is -3.15. The van der Waals surface area contributed by atoms with E-state index in [2.05, 4.69) is 0 Å². The second-order valence-electron chi connectivity index (χ2n) is 7.07. The fourth-order valence-corrected chi connectivity index (χ4v) is 3.31. The molecule has 0 saturated carbocycles. The van der Waals surface area contributed by atoms with E-state index in [4.69, 9.17) is 14.2 Å². The smallest absolute Gasteiger partial charge is 0.338 e. The Bertz CT molecular complexity index is 976. The van der Waals surface area contributed by atoms with E-state index in [9.17, 15) is 14.4 Å². The molecule has 30 heavy (non-hydrogen) atoms. The first-order chi connectivity index (χ1) is 14.5. The van der Waals surface area contributed by atoms with Crippen LogP contribution >= 0.6 is 0 Å². The van der Waals surface area contributed by atoms with E-state index in [0.29, 0.717) is 31.8 Å². The summed E-state index contributed by atoms with van der Waals surface area (Å²) in [7, 11) is 0. The highest BCUT2D eigenvalue weighted by Gasteiger charge is 2.36. The number of ether oxygens (including phenoxy) is 3. The summed E-state index contributed by atoms with van der Waals surface area (Å²) < 4.78 is 16.7. The number of ketones is 2. The maximum Gasteiger partial charge on any atom is 0.338 e. The summed E-state index contributed by atoms with van der Waals surface area (Å²) in [6.45, 7) is 6.86. The van der Waals surface area contributed by atoms with Crippen LogP contribution in [0, 0.1) is 0 Å². The van der Waals surface area contributed by atoms with E-state index < -0.39 is 5.97 Å². The Labute approximate surface area is 176 Å². The minimum Gasteiger partial charge on any atom is -0.493 e. The predicted molar refractivity (Wildman–Crippen MR) is 112 cm³/mol. The summed E-state index contributed by atoms with van der Waals surface area (Å²) in [5, 5.41) is 0. The van der Waals surface area contributed by atoms with E-state index in [-0.39, 0.29) is 51.7 Å². The molecule has 0 atom stereocenters. The predicted octanol–water partition coefficient (Wildman–Crippen LogP) is 4.61. The lowest BCUT2D eigenvalue weighted by Crippen LogP contribution is -2.24. The summed E-state index contributed by atoms with van der Waals surface area (Å²) in [4.78, 5) is 39.2. The molecule has 0 fully saturated rings. The molecule has 2 aromatic rings. The normalized spacial score (nSPS) is 12.2. The van der Waals surface area contributed by atoms with Crippen molar-refractivity contribution in [3.05, 3.63) is 58.1 Å². The van der Waals surface area contributed by atoms with Crippen LogP contribution in [0.15, 0.2) is 30.3 Å². The topological polar surface area (TPSA) is 78.9 Å². The van der Waals surface area contributed by atoms with Crippen molar-refractivity contribution < 1.29 is 28.6 Å². The van der Waals surface area contributed by atoms with Crippen LogP contribution in [0.25, 0.3) is 0 Å². The molecule has 0 saturated heterocycles. The number of benzene rings is 2. The maximum absolute atomic E-state index is 13.4. The van der Waals surface area contributed by atoms with E-state index in [1.54, 1.807) is 18.2 Å². The molecule has 158 valence electrons. The summed E-state index contributed by atoms with van der Waals surface area (Å²) >= 11 is 0. The number of rotatable bonds is 9. The SMILES string of the molecule is CCCOC(=O)c1cc(OCCC)c2c(c1)C(=O)c1cccc(OCCC)c1C2=O. The second kappa shape index (κ2) is 9.57. The van der Waals surface area contributed by atoms with Crippen LogP contribution in [0.4, 0.5) is 0 Å². The highest BCUT2D eigenvalue weighted by Crippen LogP contribution is 2.38. The third-order valence-electron chi connectivity index (χ3n) is 4.67. The third-order valence-corrected chi connectivity index (χ3v) is 4.67. The molecule has 0 spiro atoms. The Morgan fingerprint density at radius 1 is 0.767 bits per heavy atom. The fourth-order valence-electron chi connectivity index (χ4n) is 3.31. The molecular weight excluding hydrogens is 384 g/mol. The van der Waals surface area contributed by atoms with Gasteiger partial charge in [-0.2, -0.15) is 0 Å². The van der Waals surface area contributed by atoms with Gasteiger partial charge in [0.25, 0.3) is 0 Å². The highest BCUT2D eigenvalue weighted by atomic mass is 16.5. The van der Waals surface area contributed by atoms with Crippen molar-refractivity contribution in [2.75, 3.05) is 19.8 Å². The van der Waals surface area contributed by atoms with Gasteiger partial charge in [-0.3, -0.25) is 9.59 Å². The number of carbonyl (C=O) groups is 3. The van der Waals surface area contributed by atoms with Crippen molar-refractivity contribution in [1.29, 1.82) is 0 Å². The average molecular weight is 410 g/mol. The van der Waals surface area contributed by atoms with Crippen LogP contribution < -0.4 is 9.47 Å². The van der Waals surface area contributed by atoms with Gasteiger partial charge in [-0.1, -0.05) is 32.9 Å². The molecule has 0 unspecified atom stereocenters. The first-order valence-corrected chi connectivity index (χ1v) is 10.4. The summed E-state index contributed by atoms with van der Waals surface area (Å²) in [5.41, 5.74) is 1.02. The zero-order valence-electron chi connectivity index (χ0n) is 17.6. The third kappa shape index (κ3) is 4.08. The molecule has 3 rings (SSSR count). The largest absolute Gasteiger partial charge is 0.493 e. The first kappa shape index (κ1) is 21.6. The van der Waals surface area contributed by atoms with Crippen molar-refractivity contribution in [2.24, 2.45) is 0 Å². The van der Waals surface area contributed by atoms with E-state index >= 15 is 0 Å². The van der Waals surface area contributed by atoms with Gasteiger partial charge in [0.1, 0.15) is 11.5 Å². The number of hydrogen-bond donors (Lipinski definition) is 0. The van der Waals surface area contributed by atoms with Crippen molar-refractivity contribution >= 4 is 17.5 Å². The van der Waals surface area contributed by atoms with Gasteiger partial charge >= 0.3 is 5.97 Å². The van der Waals surface area contributed by atoms with Crippen LogP contribution in [0.5, 0.6) is 11.5 Å². The number of hydrogen-bond acceptors (Lipinski definition) is 6. The van der Waals surface area contributed by atoms with Gasteiger partial charge in [-0.05, 0) is 37.5 Å². The van der Waals surface area contributed by atoms with Gasteiger partial charge in [0, 0.05) is 11.1 Å². The van der Waals surface area contributed by atoms with E-state index in [0.717, 1.165) is 6.42 Å². The quantitative estimate of drug-likeness (QED) is 0.480. The molecule has 0 N–H and O–H groups in total. The minimum atomic E-state index is -0.549. The molecule has 6 heteroatoms. The van der Waals surface area contributed by atoms with Crippen molar-refractivity contribution in [3.63, 3.8) is 0 Å². The standard InChI is InChI=1S/C24H26O6/c1-4-10-28-18-9-7-8-16-20(18)23(26)21-17(22(16)25)13-15(24(27)30-12-6-3)14-19(21)29-11-5-2/h7-9,13-14H,4-6,10-12H2,1-3H3. The van der Waals surface area contributed by atoms with Crippen molar-refractivity contribution in [1.82, 2.24) is 0 Å². The summed E-state index contributed by atoms with van der Waals surface area (Å²) in [5.74, 6) is -0.635. The Morgan fingerprint density at radius 3 is 2.07 bits per heavy atom. The zero-order valence-corrected chi connectivity index (χ0v) is 17.6. The Kier molecular flexibility index (Phi) is 6.87. The number of esters is 1. The van der Waals surface area contributed by atoms with Gasteiger partial charge in [0.05, 0.1) is 36.5 Å². The van der Waals surface area contributed by atoms with E-state index in [1.165, 1.54) is 12.1 Å². The van der Waals surface area contributed by atoms with Gasteiger partial charge < -0.3 is 14.2 Å². The van der Waals surface area contributed by atoms with Crippen LogP contribution in [0.3, 0.4) is 0 Å². The minimum absolute atomic E-state index is 0.150. The van der Waals surface area contributed by atoms with Gasteiger partial charge in [-0.25, -0.2) is 4.79 Å². The van der Waals surface area contributed by atoms with E-state index in [1.807, 2.05) is 20.8 Å². The lowest BCUT2D eigenvalue weighted by molar-refractivity contribution is 0.0504. The molecule has 0 aromatic heterocycles. The van der Waals surface area contributed by atoms with Gasteiger partial charge in [0.15, 0.2) is 5.78 Å². The fraction of sp³-hybridized carbons (Fsp3) is 0.375. The van der Waals surface area contributed by atoms with Gasteiger partial charge in [-0.15, -0.1) is 0 Å². The lowest BCUT2D eigenvalue weighted by Gasteiger charge is -2.23. The van der Waals surface area contributed by atoms with Crippen LogP contribution in [-0.4, -0.2) is 37.4 Å². The van der Waals surface area contributed by atoms with Crippen LogP contribution in [0.2, 0.25) is 0 Å². The average Bonchev–Trinajstić information content (AvgIpc) is 2.77. The highest BCUT2D eigenvalue weighted by molar-refractivity contribution is 6.30. The molecule has 0 aliphatic heterocycles. The molecule has 1 aliphatic rings. The number of carbonyl (C=O) groups excluding carboxylic acids is 3. The molecule has 1 aliphatic carbocycles. The molecule has 0 bridgehead atoms. The summed E-state index contributed by atoms with van der Waals surface area (Å²) in [6.07, 6.45) is 2.17. The first-order valence-electron chi connectivity index (χ1n) is 10.4. The van der Waals surface area contributed by atoms with Gasteiger partial charge in [0.2, 0.25) is 5.78 Å². The van der Waals surface area contributed by atoms with Crippen LogP contribution in [-0.2, 0) is 4.74 Å². The van der Waals surface area contributed by atoms with Crippen molar-refractivity contribution in [2.45, 2.75) is 40.0 Å². The molecule has 0 radical (unpaired) electrons. The Balaban J connectivity index is 2.14. The maximum atomic E-state index is 13.4. The van der Waals surface area contributed by atoms with Crippen LogP contribution in [0.1, 0.15) is 82.2 Å². The number of fused-ring (bicyclic) bond motifs is 2.